The molecule has 13 heavy (non-hydrogen) atoms. The third kappa shape index (κ3) is 1.93. The van der Waals surface area contributed by atoms with Crippen LogP contribution in [0.25, 0.3) is 10.7 Å². The lowest BCUT2D eigenvalue weighted by Crippen LogP contribution is -2.01. The molecule has 5 heteroatoms. The summed E-state index contributed by atoms with van der Waals surface area (Å²) in [6, 6.07) is 0. The summed E-state index contributed by atoms with van der Waals surface area (Å²) in [4.78, 5) is 8.62. The van der Waals surface area contributed by atoms with Gasteiger partial charge in [-0.2, -0.15) is 0 Å². The maximum absolute atomic E-state index is 5.44. The summed E-state index contributed by atoms with van der Waals surface area (Å²) in [5.74, 6) is 0. The molecule has 0 unspecified atom stereocenters. The molecule has 0 aliphatic heterocycles. The summed E-state index contributed by atoms with van der Waals surface area (Å²) in [6.45, 7) is 0.658. The Bertz CT molecular complexity index is 366. The Morgan fingerprint density at radius 3 is 3.00 bits per heavy atom. The van der Waals surface area contributed by atoms with Crippen LogP contribution in [0, 0.1) is 0 Å². The minimum atomic E-state index is 0.658. The molecule has 0 aliphatic rings. The van der Waals surface area contributed by atoms with Gasteiger partial charge in [-0.25, -0.2) is 9.97 Å². The summed E-state index contributed by atoms with van der Waals surface area (Å²) in [7, 11) is 0. The van der Waals surface area contributed by atoms with Crippen molar-refractivity contribution in [3.8, 4) is 10.7 Å². The molecule has 0 amide bonds. The summed E-state index contributed by atoms with van der Waals surface area (Å²) in [6.07, 6.45) is 2.65. The van der Waals surface area contributed by atoms with Gasteiger partial charge in [0, 0.05) is 23.4 Å². The standard InChI is InChI=1S/C8H9N3S2/c9-2-1-7-11-6(5-13-7)8-10-3-4-12-8/h3-5H,1-2,9H2. The molecule has 0 spiro atoms. The van der Waals surface area contributed by atoms with E-state index in [9.17, 15) is 0 Å². The Labute approximate surface area is 84.3 Å². The molecule has 3 nitrogen and oxygen atoms in total. The molecule has 0 saturated carbocycles. The van der Waals surface area contributed by atoms with Crippen molar-refractivity contribution in [2.24, 2.45) is 5.73 Å². The van der Waals surface area contributed by atoms with E-state index < -0.39 is 0 Å². The van der Waals surface area contributed by atoms with Gasteiger partial charge in [0.15, 0.2) is 0 Å². The molecule has 2 aromatic heterocycles. The van der Waals surface area contributed by atoms with Crippen molar-refractivity contribution in [2.75, 3.05) is 6.54 Å². The average molecular weight is 211 g/mol. The highest BCUT2D eigenvalue weighted by Gasteiger charge is 2.05. The van der Waals surface area contributed by atoms with Crippen LogP contribution >= 0.6 is 22.7 Å². The van der Waals surface area contributed by atoms with Crippen molar-refractivity contribution in [1.29, 1.82) is 0 Å². The average Bonchev–Trinajstić information content (AvgIpc) is 2.70. The van der Waals surface area contributed by atoms with Crippen molar-refractivity contribution in [3.63, 3.8) is 0 Å². The lowest BCUT2D eigenvalue weighted by molar-refractivity contribution is 0.954. The lowest BCUT2D eigenvalue weighted by atomic mass is 10.4. The first-order valence-electron chi connectivity index (χ1n) is 3.94. The molecule has 68 valence electrons. The zero-order valence-electron chi connectivity index (χ0n) is 6.93. The maximum atomic E-state index is 5.44. The Morgan fingerprint density at radius 2 is 2.31 bits per heavy atom. The molecule has 2 heterocycles. The topological polar surface area (TPSA) is 51.8 Å². The van der Waals surface area contributed by atoms with Crippen LogP contribution in [-0.2, 0) is 6.42 Å². The number of thiazole rings is 2. The molecular weight excluding hydrogens is 202 g/mol. The fraction of sp³-hybridized carbons (Fsp3) is 0.250. The van der Waals surface area contributed by atoms with E-state index in [0.29, 0.717) is 6.54 Å². The lowest BCUT2D eigenvalue weighted by Gasteiger charge is -1.88. The van der Waals surface area contributed by atoms with E-state index in [-0.39, 0.29) is 0 Å². The number of hydrogen-bond donors (Lipinski definition) is 1. The van der Waals surface area contributed by atoms with Gasteiger partial charge in [-0.15, -0.1) is 22.7 Å². The molecule has 2 rings (SSSR count). The monoisotopic (exact) mass is 211 g/mol. The van der Waals surface area contributed by atoms with Gasteiger partial charge in [0.2, 0.25) is 0 Å². The van der Waals surface area contributed by atoms with Crippen LogP contribution in [0.4, 0.5) is 0 Å². The maximum Gasteiger partial charge on any atom is 0.142 e. The van der Waals surface area contributed by atoms with E-state index in [2.05, 4.69) is 9.97 Å². The summed E-state index contributed by atoms with van der Waals surface area (Å²) >= 11 is 3.26. The Balaban J connectivity index is 2.23. The van der Waals surface area contributed by atoms with Gasteiger partial charge in [-0.3, -0.25) is 0 Å². The van der Waals surface area contributed by atoms with Crippen molar-refractivity contribution in [2.45, 2.75) is 6.42 Å². The van der Waals surface area contributed by atoms with E-state index >= 15 is 0 Å². The second kappa shape index (κ2) is 3.95. The number of nitrogens with zero attached hydrogens (tertiary/aromatic N) is 2. The fourth-order valence-corrected chi connectivity index (χ4v) is 2.47. The third-order valence-electron chi connectivity index (χ3n) is 1.56. The second-order valence-electron chi connectivity index (χ2n) is 2.50. The number of rotatable bonds is 3. The molecule has 2 aromatic rings. The molecule has 0 radical (unpaired) electrons. The van der Waals surface area contributed by atoms with Gasteiger partial charge >= 0.3 is 0 Å². The Morgan fingerprint density at radius 1 is 1.38 bits per heavy atom. The van der Waals surface area contributed by atoms with Crippen LogP contribution in [0.1, 0.15) is 5.01 Å². The number of aromatic nitrogens is 2. The third-order valence-corrected chi connectivity index (χ3v) is 3.27. The van der Waals surface area contributed by atoms with E-state index in [1.54, 1.807) is 28.9 Å². The first-order valence-corrected chi connectivity index (χ1v) is 5.70. The smallest absolute Gasteiger partial charge is 0.142 e. The zero-order chi connectivity index (χ0) is 9.10. The van der Waals surface area contributed by atoms with Crippen molar-refractivity contribution < 1.29 is 0 Å². The summed E-state index contributed by atoms with van der Waals surface area (Å²) in [5.41, 5.74) is 6.42. The normalized spacial score (nSPS) is 10.5. The quantitative estimate of drug-likeness (QED) is 0.841. The Kier molecular flexibility index (Phi) is 2.68. The predicted molar refractivity (Wildman–Crippen MR) is 56.0 cm³/mol. The van der Waals surface area contributed by atoms with Gasteiger partial charge in [-0.1, -0.05) is 0 Å². The van der Waals surface area contributed by atoms with E-state index in [1.807, 2.05) is 10.8 Å². The van der Waals surface area contributed by atoms with E-state index in [4.69, 9.17) is 5.73 Å². The van der Waals surface area contributed by atoms with Crippen LogP contribution in [0.15, 0.2) is 17.0 Å². The highest BCUT2D eigenvalue weighted by Crippen LogP contribution is 2.23. The van der Waals surface area contributed by atoms with Gasteiger partial charge < -0.3 is 5.73 Å². The summed E-state index contributed by atoms with van der Waals surface area (Å²) < 4.78 is 0. The van der Waals surface area contributed by atoms with Crippen LogP contribution in [0.3, 0.4) is 0 Å². The number of nitrogens with two attached hydrogens (primary N) is 1. The summed E-state index contributed by atoms with van der Waals surface area (Å²) in [5, 5.41) is 6.06. The molecule has 0 aliphatic carbocycles. The first-order chi connectivity index (χ1) is 6.40. The molecule has 0 bridgehead atoms. The van der Waals surface area contributed by atoms with Crippen molar-refractivity contribution >= 4 is 22.7 Å². The highest BCUT2D eigenvalue weighted by atomic mass is 32.1. The van der Waals surface area contributed by atoms with E-state index in [1.165, 1.54) is 0 Å². The molecule has 0 fully saturated rings. The van der Waals surface area contributed by atoms with Gasteiger partial charge in [0.25, 0.3) is 0 Å². The first kappa shape index (κ1) is 8.80. The molecule has 2 N–H and O–H groups in total. The number of hydrogen-bond acceptors (Lipinski definition) is 5. The Hall–Kier alpha value is -0.780. The highest BCUT2D eigenvalue weighted by molar-refractivity contribution is 7.14. The van der Waals surface area contributed by atoms with Crippen LogP contribution in [0.2, 0.25) is 0 Å². The van der Waals surface area contributed by atoms with Crippen molar-refractivity contribution in [1.82, 2.24) is 9.97 Å². The minimum absolute atomic E-state index is 0.658. The zero-order valence-corrected chi connectivity index (χ0v) is 8.57. The molecule has 0 atom stereocenters. The molecular formula is C8H9N3S2. The molecule has 0 saturated heterocycles. The van der Waals surface area contributed by atoms with Crippen LogP contribution in [0.5, 0.6) is 0 Å². The van der Waals surface area contributed by atoms with Gasteiger partial charge in [-0.05, 0) is 6.54 Å². The van der Waals surface area contributed by atoms with Crippen molar-refractivity contribution in [3.05, 3.63) is 22.0 Å². The van der Waals surface area contributed by atoms with Gasteiger partial charge in [0.05, 0.1) is 5.01 Å². The molecule has 0 aromatic carbocycles. The van der Waals surface area contributed by atoms with Crippen LogP contribution in [-0.4, -0.2) is 16.5 Å². The fourth-order valence-electron chi connectivity index (χ4n) is 0.997. The van der Waals surface area contributed by atoms with E-state index in [0.717, 1.165) is 22.1 Å². The second-order valence-corrected chi connectivity index (χ2v) is 4.34. The SMILES string of the molecule is NCCc1nc(-c2nccs2)cs1. The van der Waals surface area contributed by atoms with Gasteiger partial charge in [0.1, 0.15) is 10.7 Å². The predicted octanol–water partition coefficient (Wildman–Crippen LogP) is 1.77. The largest absolute Gasteiger partial charge is 0.330 e. The van der Waals surface area contributed by atoms with Crippen LogP contribution < -0.4 is 5.73 Å². The minimum Gasteiger partial charge on any atom is -0.330 e.